The van der Waals surface area contributed by atoms with Crippen LogP contribution in [0.25, 0.3) is 21.8 Å². The predicted molar refractivity (Wildman–Crippen MR) is 264 cm³/mol. The van der Waals surface area contributed by atoms with E-state index < -0.39 is 0 Å². The molecule has 1 atom stereocenters. The number of rotatable bonds is 20. The van der Waals surface area contributed by atoms with Gasteiger partial charge in [0.2, 0.25) is 0 Å². The number of unbranched alkanes of at least 4 members (excludes halogenated alkanes) is 1. The molecule has 1 unspecified atom stereocenters. The first-order valence-corrected chi connectivity index (χ1v) is 23.1. The molecule has 10 rings (SSSR count). The van der Waals surface area contributed by atoms with Gasteiger partial charge in [-0.2, -0.15) is 10.4 Å². The molecule has 10 aromatic rings. The van der Waals surface area contributed by atoms with E-state index in [4.69, 9.17) is 23.9 Å². The van der Waals surface area contributed by atoms with Gasteiger partial charge < -0.3 is 18.9 Å². The van der Waals surface area contributed by atoms with Gasteiger partial charge in [-0.15, -0.1) is 20.4 Å². The number of aryl methyl sites for hydroxylation is 2. The molecule has 14 heteroatoms. The highest BCUT2D eigenvalue weighted by Crippen LogP contribution is 2.29. The second-order valence-corrected chi connectivity index (χ2v) is 16.6. The summed E-state index contributed by atoms with van der Waals surface area (Å²) < 4.78 is 24.2. The number of hydrogen-bond acceptors (Lipinski definition) is 12. The number of nitrogens with one attached hydrogen (secondary N) is 2. The number of H-pyrrole nitrogens is 2. The van der Waals surface area contributed by atoms with Crippen molar-refractivity contribution in [1.29, 1.82) is 0 Å². The Labute approximate surface area is 400 Å². The van der Waals surface area contributed by atoms with Crippen LogP contribution in [0.4, 0.5) is 0 Å². The summed E-state index contributed by atoms with van der Waals surface area (Å²) in [6.07, 6.45) is 4.68. The van der Waals surface area contributed by atoms with E-state index in [0.717, 1.165) is 105 Å². The summed E-state index contributed by atoms with van der Waals surface area (Å²) in [5.41, 5.74) is 8.46. The predicted octanol–water partition coefficient (Wildman–Crippen LogP) is 10.7. The summed E-state index contributed by atoms with van der Waals surface area (Å²) in [6.45, 7) is 3.89. The minimum Gasteiger partial charge on any atom is -0.489 e. The fourth-order valence-corrected chi connectivity index (χ4v) is 7.74. The van der Waals surface area contributed by atoms with Crippen molar-refractivity contribution in [2.45, 2.75) is 71.4 Å². The Kier molecular flexibility index (Phi) is 15.4. The molecule has 0 saturated carbocycles. The van der Waals surface area contributed by atoms with Crippen LogP contribution in [0.1, 0.15) is 71.0 Å². The van der Waals surface area contributed by atoms with Crippen molar-refractivity contribution in [2.24, 2.45) is 0 Å². The summed E-state index contributed by atoms with van der Waals surface area (Å²) in [5, 5.41) is 30.5. The maximum Gasteiger partial charge on any atom is 0.175 e. The largest absolute Gasteiger partial charge is 0.489 e. The van der Waals surface area contributed by atoms with Gasteiger partial charge in [0.15, 0.2) is 23.1 Å². The lowest BCUT2D eigenvalue weighted by molar-refractivity contribution is 0.254. The molecule has 69 heavy (non-hydrogen) atoms. The Morgan fingerprint density at radius 2 is 1.00 bits per heavy atom. The van der Waals surface area contributed by atoms with Crippen molar-refractivity contribution >= 4 is 21.8 Å². The molecule has 4 aromatic heterocycles. The van der Waals surface area contributed by atoms with Gasteiger partial charge in [0.05, 0.1) is 22.4 Å². The lowest BCUT2D eigenvalue weighted by Gasteiger charge is -2.13. The van der Waals surface area contributed by atoms with Gasteiger partial charge in [0.25, 0.3) is 0 Å². The van der Waals surface area contributed by atoms with E-state index in [0.29, 0.717) is 38.1 Å². The van der Waals surface area contributed by atoms with Crippen molar-refractivity contribution in [2.75, 3.05) is 0 Å². The summed E-state index contributed by atoms with van der Waals surface area (Å²) in [6, 6.07) is 56.7. The van der Waals surface area contributed by atoms with Crippen LogP contribution in [-0.2, 0) is 45.7 Å². The van der Waals surface area contributed by atoms with E-state index in [1.165, 1.54) is 11.1 Å². The molecule has 346 valence electrons. The number of aromatic nitrogens is 10. The molecular weight excluding hydrogens is 865 g/mol. The van der Waals surface area contributed by atoms with E-state index >= 15 is 0 Å². The highest BCUT2D eigenvalue weighted by atomic mass is 16.5. The van der Waals surface area contributed by atoms with Crippen molar-refractivity contribution < 1.29 is 18.9 Å². The van der Waals surface area contributed by atoms with Crippen molar-refractivity contribution in [3.8, 4) is 23.0 Å². The third kappa shape index (κ3) is 13.3. The molecule has 0 aliphatic heterocycles. The fraction of sp³-hybridized carbons (Fsp3) is 0.200. The fourth-order valence-electron chi connectivity index (χ4n) is 7.74. The molecule has 4 heterocycles. The van der Waals surface area contributed by atoms with Gasteiger partial charge in [-0.1, -0.05) is 133 Å². The van der Waals surface area contributed by atoms with Gasteiger partial charge in [-0.25, -0.2) is 9.97 Å². The molecule has 0 bridgehead atoms. The van der Waals surface area contributed by atoms with E-state index in [1.54, 1.807) is 0 Å². The number of nitrogens with zero attached hydrogens (tertiary/aromatic N) is 8. The standard InChI is InChI=1S/C28H27N5O2.C27H25N5O2/c1(6-15-28-30-32-33-31-28)8-21-9-7-10-22(18-21)19-34-26-13-4-5-14-27(26)35-20-24-17-16-23-11-2-3-12-25(23)29-24;1-19(15-27-29-31-32-30-27)21-11-9-20(10-12-21)17-33-24-6-4-7-25(16-24)34-18-23-14-13-22-5-2-3-8-26(22)28-23/h2-5,7,9-14,16-18H,1,6,8,15,19-20H2,(H,30,31,32,33);2-14,16,19H,15,17-18H2,1H3,(H,29,30,31,32). The maximum atomic E-state index is 6.14. The van der Waals surface area contributed by atoms with E-state index in [1.807, 2.05) is 97.1 Å². The smallest absolute Gasteiger partial charge is 0.175 e. The third-order valence-electron chi connectivity index (χ3n) is 11.5. The number of benzene rings is 6. The monoisotopic (exact) mass is 916 g/mol. The average Bonchev–Trinajstić information content (AvgIpc) is 4.14. The summed E-state index contributed by atoms with van der Waals surface area (Å²) in [7, 11) is 0. The van der Waals surface area contributed by atoms with E-state index in [2.05, 4.69) is 126 Å². The molecule has 14 nitrogen and oxygen atoms in total. The lowest BCUT2D eigenvalue weighted by Crippen LogP contribution is -2.02. The molecule has 0 radical (unpaired) electrons. The normalized spacial score (nSPS) is 11.4. The highest BCUT2D eigenvalue weighted by molar-refractivity contribution is 5.79. The molecule has 0 spiro atoms. The van der Waals surface area contributed by atoms with Crippen LogP contribution in [0.2, 0.25) is 0 Å². The number of tetrazole rings is 2. The first-order valence-electron chi connectivity index (χ1n) is 23.1. The Bertz CT molecular complexity index is 3150. The molecule has 0 aliphatic carbocycles. The quantitative estimate of drug-likeness (QED) is 0.0694. The number of para-hydroxylation sites is 4. The number of ether oxygens (including phenoxy) is 4. The van der Waals surface area contributed by atoms with Gasteiger partial charge >= 0.3 is 0 Å². The number of aromatic amines is 2. The molecule has 0 fully saturated rings. The summed E-state index contributed by atoms with van der Waals surface area (Å²) in [4.78, 5) is 9.35. The first kappa shape index (κ1) is 45.6. The minimum atomic E-state index is 0.304. The van der Waals surface area contributed by atoms with Crippen LogP contribution in [0, 0.1) is 0 Å². The second kappa shape index (κ2) is 23.3. The maximum absolute atomic E-state index is 6.14. The first-order chi connectivity index (χ1) is 34.1. The van der Waals surface area contributed by atoms with Crippen LogP contribution in [0.3, 0.4) is 0 Å². The Morgan fingerprint density at radius 3 is 1.67 bits per heavy atom. The zero-order valence-electron chi connectivity index (χ0n) is 38.3. The number of pyridine rings is 2. The minimum absolute atomic E-state index is 0.304. The molecule has 0 amide bonds. The Hall–Kier alpha value is -8.52. The van der Waals surface area contributed by atoms with Crippen LogP contribution in [-0.4, -0.2) is 51.2 Å². The van der Waals surface area contributed by atoms with Gasteiger partial charge in [0.1, 0.15) is 37.9 Å². The lowest BCUT2D eigenvalue weighted by atomic mass is 9.96. The second-order valence-electron chi connectivity index (χ2n) is 16.6. The van der Waals surface area contributed by atoms with Crippen LogP contribution in [0.5, 0.6) is 23.0 Å². The molecule has 6 aromatic carbocycles. The van der Waals surface area contributed by atoms with Crippen molar-refractivity contribution in [3.63, 3.8) is 0 Å². The van der Waals surface area contributed by atoms with Crippen molar-refractivity contribution in [3.05, 3.63) is 215 Å². The Morgan fingerprint density at radius 1 is 0.449 bits per heavy atom. The number of fused-ring (bicyclic) bond motifs is 2. The Balaban J connectivity index is 0.000000172. The molecule has 2 N–H and O–H groups in total. The van der Waals surface area contributed by atoms with E-state index in [9.17, 15) is 0 Å². The van der Waals surface area contributed by atoms with Crippen LogP contribution in [0.15, 0.2) is 170 Å². The van der Waals surface area contributed by atoms with E-state index in [-0.39, 0.29) is 0 Å². The van der Waals surface area contributed by atoms with Gasteiger partial charge in [0, 0.05) is 29.7 Å². The summed E-state index contributed by atoms with van der Waals surface area (Å²) >= 11 is 0. The zero-order valence-corrected chi connectivity index (χ0v) is 38.3. The SMILES string of the molecule is CC(Cc1nn[nH]n1)c1ccc(COc2cccc(OCc3ccc4ccccc4n3)c2)cc1.c1cc(CCCCc2nn[nH]n2)cc(COc2ccccc2OCc2ccc3ccccc3n2)c1. The van der Waals surface area contributed by atoms with Crippen LogP contribution < -0.4 is 18.9 Å². The average molecular weight is 917 g/mol. The highest BCUT2D eigenvalue weighted by Gasteiger charge is 2.11. The third-order valence-corrected chi connectivity index (χ3v) is 11.5. The number of hydrogen-bond donors (Lipinski definition) is 2. The molecular formula is C55H52N10O4. The molecule has 0 aliphatic rings. The molecule has 0 saturated heterocycles. The zero-order chi connectivity index (χ0) is 46.9. The van der Waals surface area contributed by atoms with Gasteiger partial charge in [-0.3, -0.25) is 0 Å². The van der Waals surface area contributed by atoms with Crippen LogP contribution >= 0.6 is 0 Å². The van der Waals surface area contributed by atoms with Crippen molar-refractivity contribution in [1.82, 2.24) is 51.2 Å². The van der Waals surface area contributed by atoms with Gasteiger partial charge in [-0.05, 0) is 96.0 Å². The summed E-state index contributed by atoms with van der Waals surface area (Å²) in [5.74, 6) is 4.73. The topological polar surface area (TPSA) is 172 Å².